The van der Waals surface area contributed by atoms with Gasteiger partial charge in [0.15, 0.2) is 5.78 Å². The summed E-state index contributed by atoms with van der Waals surface area (Å²) in [6.45, 7) is 1.62. The molecule has 0 atom stereocenters. The maximum atomic E-state index is 11.3. The van der Waals surface area contributed by atoms with Crippen molar-refractivity contribution in [1.29, 1.82) is 0 Å². The number of allylic oxidation sites excluding steroid dienone is 4. The van der Waals surface area contributed by atoms with E-state index in [-0.39, 0.29) is 5.78 Å². The highest BCUT2D eigenvalue weighted by Gasteiger charge is 2.16. The monoisotopic (exact) mass is 280 g/mol. The smallest absolute Gasteiger partial charge is 0.159 e. The van der Waals surface area contributed by atoms with Gasteiger partial charge in [-0.3, -0.25) is 4.79 Å². The predicted molar refractivity (Wildman–Crippen MR) is 88.3 cm³/mol. The molecule has 0 saturated heterocycles. The number of hydrogen-bond donors (Lipinski definition) is 0. The van der Waals surface area contributed by atoms with Gasteiger partial charge in [-0.2, -0.15) is 0 Å². The van der Waals surface area contributed by atoms with E-state index in [1.54, 1.807) is 12.5 Å². The number of benzene rings is 1. The van der Waals surface area contributed by atoms with Crippen LogP contribution in [0.15, 0.2) is 42.0 Å². The molecule has 0 amide bonds. The minimum Gasteiger partial charge on any atom is -0.295 e. The molecule has 2 aliphatic rings. The fourth-order valence-corrected chi connectivity index (χ4v) is 3.54. The van der Waals surface area contributed by atoms with Crippen molar-refractivity contribution < 1.29 is 4.79 Å². The van der Waals surface area contributed by atoms with Crippen LogP contribution in [0.2, 0.25) is 0 Å². The quantitative estimate of drug-likeness (QED) is 0.644. The lowest BCUT2D eigenvalue weighted by atomic mass is 9.97. The molecule has 0 N–H and O–H groups in total. The first-order valence-corrected chi connectivity index (χ1v) is 8.23. The molecule has 110 valence electrons. The number of carbonyl (C=O) groups excluding carboxylic acids is 1. The van der Waals surface area contributed by atoms with E-state index in [0.717, 1.165) is 17.9 Å². The Labute approximate surface area is 127 Å². The molecule has 0 aromatic heterocycles. The second kappa shape index (κ2) is 6.43. The van der Waals surface area contributed by atoms with Crippen molar-refractivity contribution in [1.82, 2.24) is 0 Å². The Morgan fingerprint density at radius 3 is 2.52 bits per heavy atom. The van der Waals surface area contributed by atoms with Gasteiger partial charge in [-0.05, 0) is 43.2 Å². The van der Waals surface area contributed by atoms with Gasteiger partial charge in [-0.15, -0.1) is 0 Å². The highest BCUT2D eigenvalue weighted by molar-refractivity contribution is 5.94. The molecule has 1 aromatic rings. The van der Waals surface area contributed by atoms with Crippen LogP contribution in [0.3, 0.4) is 0 Å². The summed E-state index contributed by atoms with van der Waals surface area (Å²) in [5.74, 6) is 1.11. The third kappa shape index (κ3) is 3.53. The molecule has 0 bridgehead atoms. The fourth-order valence-electron chi connectivity index (χ4n) is 3.54. The summed E-state index contributed by atoms with van der Waals surface area (Å²) in [4.78, 5) is 11.3. The van der Waals surface area contributed by atoms with E-state index >= 15 is 0 Å². The van der Waals surface area contributed by atoms with Crippen LogP contribution in [-0.2, 0) is 0 Å². The van der Waals surface area contributed by atoms with Gasteiger partial charge in [-0.25, -0.2) is 0 Å². The van der Waals surface area contributed by atoms with Gasteiger partial charge in [0.2, 0.25) is 0 Å². The average Bonchev–Trinajstić information content (AvgIpc) is 3.17. The summed E-state index contributed by atoms with van der Waals surface area (Å²) in [6.07, 6.45) is 14.2. The lowest BCUT2D eigenvalue weighted by Gasteiger charge is -2.08. The third-order valence-corrected chi connectivity index (χ3v) is 4.92. The molecule has 0 spiro atoms. The zero-order chi connectivity index (χ0) is 14.7. The molecule has 0 radical (unpaired) electrons. The molecule has 3 rings (SSSR count). The van der Waals surface area contributed by atoms with Gasteiger partial charge in [0.05, 0.1) is 0 Å². The van der Waals surface area contributed by atoms with Crippen molar-refractivity contribution in [2.75, 3.05) is 0 Å². The van der Waals surface area contributed by atoms with Crippen molar-refractivity contribution in [3.63, 3.8) is 0 Å². The molecule has 1 nitrogen and oxygen atoms in total. The van der Waals surface area contributed by atoms with Gasteiger partial charge < -0.3 is 0 Å². The standard InChI is InChI=1S/C20H24O/c1-15(21)18-10-12-19(13-11-18)20-9-8-17(14-20)7-6-16-4-2-3-5-16/h9-14,16H,2-8H2,1H3. The molecule has 1 fully saturated rings. The molecule has 1 heteroatoms. The molecule has 0 unspecified atom stereocenters. The zero-order valence-electron chi connectivity index (χ0n) is 12.9. The summed E-state index contributed by atoms with van der Waals surface area (Å²) in [5, 5.41) is 0. The Hall–Kier alpha value is -1.63. The second-order valence-corrected chi connectivity index (χ2v) is 6.49. The van der Waals surface area contributed by atoms with Gasteiger partial charge in [0.1, 0.15) is 0 Å². The SMILES string of the molecule is CC(=O)c1ccc(C2=CCC(CCC3CCCC3)=C2)cc1. The van der Waals surface area contributed by atoms with Crippen molar-refractivity contribution in [2.24, 2.45) is 5.92 Å². The lowest BCUT2D eigenvalue weighted by molar-refractivity contribution is 0.101. The topological polar surface area (TPSA) is 17.1 Å². The van der Waals surface area contributed by atoms with Crippen LogP contribution in [0, 0.1) is 5.92 Å². The molecule has 21 heavy (non-hydrogen) atoms. The molecular weight excluding hydrogens is 256 g/mol. The van der Waals surface area contributed by atoms with Gasteiger partial charge in [-0.1, -0.05) is 67.7 Å². The van der Waals surface area contributed by atoms with Crippen molar-refractivity contribution in [3.8, 4) is 0 Å². The maximum absolute atomic E-state index is 11.3. The Bertz CT molecular complexity index is 568. The summed E-state index contributed by atoms with van der Waals surface area (Å²) in [5.41, 5.74) is 4.93. The van der Waals surface area contributed by atoms with E-state index in [4.69, 9.17) is 0 Å². The molecule has 0 heterocycles. The zero-order valence-corrected chi connectivity index (χ0v) is 12.9. The largest absolute Gasteiger partial charge is 0.295 e. The van der Waals surface area contributed by atoms with E-state index in [0.29, 0.717) is 0 Å². The normalized spacial score (nSPS) is 18.7. The van der Waals surface area contributed by atoms with Gasteiger partial charge in [0, 0.05) is 5.56 Å². The number of carbonyl (C=O) groups is 1. The van der Waals surface area contributed by atoms with E-state index in [9.17, 15) is 4.79 Å². The van der Waals surface area contributed by atoms with Gasteiger partial charge in [0.25, 0.3) is 0 Å². The van der Waals surface area contributed by atoms with Crippen LogP contribution in [0.5, 0.6) is 0 Å². The molecule has 1 saturated carbocycles. The van der Waals surface area contributed by atoms with Crippen LogP contribution < -0.4 is 0 Å². The molecular formula is C20H24O. The number of hydrogen-bond acceptors (Lipinski definition) is 1. The fraction of sp³-hybridized carbons (Fsp3) is 0.450. The molecule has 2 aliphatic carbocycles. The Kier molecular flexibility index (Phi) is 4.38. The predicted octanol–water partition coefficient (Wildman–Crippen LogP) is 5.57. The first-order valence-electron chi connectivity index (χ1n) is 8.23. The first kappa shape index (κ1) is 14.3. The lowest BCUT2D eigenvalue weighted by Crippen LogP contribution is -1.93. The Morgan fingerprint density at radius 2 is 1.86 bits per heavy atom. The van der Waals surface area contributed by atoms with Gasteiger partial charge >= 0.3 is 0 Å². The van der Waals surface area contributed by atoms with Crippen molar-refractivity contribution in [3.05, 3.63) is 53.1 Å². The third-order valence-electron chi connectivity index (χ3n) is 4.92. The summed E-state index contributed by atoms with van der Waals surface area (Å²) in [7, 11) is 0. The van der Waals surface area contributed by atoms with Crippen molar-refractivity contribution >= 4 is 11.4 Å². The van der Waals surface area contributed by atoms with Crippen LogP contribution in [0.25, 0.3) is 5.57 Å². The first-order chi connectivity index (χ1) is 10.2. The van der Waals surface area contributed by atoms with Crippen LogP contribution in [0.4, 0.5) is 0 Å². The number of Topliss-reactive ketones (excluding diaryl/α,β-unsaturated/α-hetero) is 1. The summed E-state index contributed by atoms with van der Waals surface area (Å²) < 4.78 is 0. The highest BCUT2D eigenvalue weighted by atomic mass is 16.1. The minimum absolute atomic E-state index is 0.134. The summed E-state index contributed by atoms with van der Waals surface area (Å²) in [6, 6.07) is 8.00. The van der Waals surface area contributed by atoms with Crippen LogP contribution >= 0.6 is 0 Å². The molecule has 1 aromatic carbocycles. The van der Waals surface area contributed by atoms with E-state index in [2.05, 4.69) is 24.3 Å². The van der Waals surface area contributed by atoms with Crippen LogP contribution in [0.1, 0.15) is 67.8 Å². The minimum atomic E-state index is 0.134. The van der Waals surface area contributed by atoms with E-state index < -0.39 is 0 Å². The average molecular weight is 280 g/mol. The maximum Gasteiger partial charge on any atom is 0.159 e. The second-order valence-electron chi connectivity index (χ2n) is 6.49. The van der Waals surface area contributed by atoms with E-state index in [1.165, 1.54) is 49.7 Å². The van der Waals surface area contributed by atoms with Crippen LogP contribution in [-0.4, -0.2) is 5.78 Å². The number of rotatable bonds is 5. The van der Waals surface area contributed by atoms with Crippen molar-refractivity contribution in [2.45, 2.75) is 51.9 Å². The molecule has 0 aliphatic heterocycles. The summed E-state index contributed by atoms with van der Waals surface area (Å²) >= 11 is 0. The highest BCUT2D eigenvalue weighted by Crippen LogP contribution is 2.33. The van der Waals surface area contributed by atoms with E-state index in [1.807, 2.05) is 12.1 Å². The Morgan fingerprint density at radius 1 is 1.14 bits per heavy atom. The Balaban J connectivity index is 1.60. The number of ketones is 1.